The van der Waals surface area contributed by atoms with Crippen LogP contribution in [0.2, 0.25) is 0 Å². The number of fused-ring (bicyclic) bond motifs is 1. The first-order chi connectivity index (χ1) is 6.61. The lowest BCUT2D eigenvalue weighted by molar-refractivity contribution is -0.383. The maximum absolute atomic E-state index is 10.7. The minimum Gasteiger partial charge on any atom is -0.383 e. The number of nitro groups is 1. The average Bonchev–Trinajstić information content (AvgIpc) is 2.43. The van der Waals surface area contributed by atoms with E-state index in [1.807, 2.05) is 0 Å². The van der Waals surface area contributed by atoms with E-state index >= 15 is 0 Å². The molecule has 6 heteroatoms. The highest BCUT2D eigenvalue weighted by atomic mass is 16.6. The molecule has 0 amide bonds. The van der Waals surface area contributed by atoms with Gasteiger partial charge in [0.05, 0.1) is 4.92 Å². The van der Waals surface area contributed by atoms with Gasteiger partial charge in [-0.25, -0.2) is 0 Å². The molecule has 1 heterocycles. The Hall–Kier alpha value is -2.11. The minimum atomic E-state index is -0.458. The lowest BCUT2D eigenvalue weighted by atomic mass is 10.2. The standard InChI is InChI=1S/C8H8N4O2/c1-11-8(9)7-5(10-11)3-2-4-6(7)12(13)14/h2-4H,9H2,1H3. The zero-order chi connectivity index (χ0) is 10.3. The van der Waals surface area contributed by atoms with Gasteiger partial charge in [0.2, 0.25) is 0 Å². The number of nitrogen functional groups attached to an aromatic ring is 1. The monoisotopic (exact) mass is 192 g/mol. The molecular weight excluding hydrogens is 184 g/mol. The molecule has 0 saturated carbocycles. The van der Waals surface area contributed by atoms with Gasteiger partial charge in [-0.2, -0.15) is 5.10 Å². The number of aromatic nitrogens is 2. The van der Waals surface area contributed by atoms with E-state index in [1.165, 1.54) is 10.7 Å². The van der Waals surface area contributed by atoms with E-state index in [-0.39, 0.29) is 5.69 Å². The van der Waals surface area contributed by atoms with Gasteiger partial charge in [0.1, 0.15) is 16.7 Å². The van der Waals surface area contributed by atoms with E-state index in [1.54, 1.807) is 19.2 Å². The third kappa shape index (κ3) is 1.00. The third-order valence-corrected chi connectivity index (χ3v) is 2.08. The van der Waals surface area contributed by atoms with E-state index in [0.29, 0.717) is 16.7 Å². The van der Waals surface area contributed by atoms with E-state index < -0.39 is 4.92 Å². The molecule has 0 aliphatic rings. The molecule has 0 saturated heterocycles. The van der Waals surface area contributed by atoms with Crippen molar-refractivity contribution in [2.45, 2.75) is 0 Å². The molecule has 0 unspecified atom stereocenters. The van der Waals surface area contributed by atoms with Crippen molar-refractivity contribution < 1.29 is 4.92 Å². The van der Waals surface area contributed by atoms with Crippen LogP contribution in [0, 0.1) is 10.1 Å². The van der Waals surface area contributed by atoms with Crippen molar-refractivity contribution in [2.75, 3.05) is 5.73 Å². The van der Waals surface area contributed by atoms with Gasteiger partial charge in [-0.15, -0.1) is 0 Å². The Morgan fingerprint density at radius 1 is 1.57 bits per heavy atom. The van der Waals surface area contributed by atoms with Crippen molar-refractivity contribution in [2.24, 2.45) is 7.05 Å². The number of aryl methyl sites for hydroxylation is 1. The molecule has 2 N–H and O–H groups in total. The zero-order valence-corrected chi connectivity index (χ0v) is 7.47. The number of non-ortho nitro benzene ring substituents is 1. The lowest BCUT2D eigenvalue weighted by Crippen LogP contribution is -1.97. The summed E-state index contributed by atoms with van der Waals surface area (Å²) in [5, 5.41) is 15.1. The molecule has 2 rings (SSSR count). The van der Waals surface area contributed by atoms with Crippen LogP contribution in [0.3, 0.4) is 0 Å². The predicted molar refractivity (Wildman–Crippen MR) is 51.8 cm³/mol. The molecule has 0 radical (unpaired) electrons. The molecule has 14 heavy (non-hydrogen) atoms. The van der Waals surface area contributed by atoms with E-state index in [0.717, 1.165) is 0 Å². The molecule has 0 bridgehead atoms. The van der Waals surface area contributed by atoms with Gasteiger partial charge in [0.25, 0.3) is 5.69 Å². The number of anilines is 1. The molecule has 1 aromatic carbocycles. The highest BCUT2D eigenvalue weighted by molar-refractivity contribution is 5.96. The molecule has 0 spiro atoms. The summed E-state index contributed by atoms with van der Waals surface area (Å²) in [5.41, 5.74) is 6.21. The normalized spacial score (nSPS) is 10.6. The quantitative estimate of drug-likeness (QED) is 0.540. The predicted octanol–water partition coefficient (Wildman–Crippen LogP) is 1.06. The summed E-state index contributed by atoms with van der Waals surface area (Å²) in [6.45, 7) is 0. The fourth-order valence-electron chi connectivity index (χ4n) is 1.40. The number of nitro benzene ring substituents is 1. The number of nitrogens with two attached hydrogens (primary N) is 1. The van der Waals surface area contributed by atoms with Gasteiger partial charge in [-0.05, 0) is 6.07 Å². The van der Waals surface area contributed by atoms with Crippen LogP contribution in [-0.2, 0) is 7.05 Å². The Bertz CT molecular complexity index is 517. The second-order valence-corrected chi connectivity index (χ2v) is 2.94. The van der Waals surface area contributed by atoms with Gasteiger partial charge < -0.3 is 5.73 Å². The number of hydrogen-bond donors (Lipinski definition) is 1. The van der Waals surface area contributed by atoms with Crippen molar-refractivity contribution in [3.05, 3.63) is 28.3 Å². The summed E-state index contributed by atoms with van der Waals surface area (Å²) in [5.74, 6) is 0.312. The first kappa shape index (κ1) is 8.49. The van der Waals surface area contributed by atoms with Crippen molar-refractivity contribution >= 4 is 22.4 Å². The summed E-state index contributed by atoms with van der Waals surface area (Å²) < 4.78 is 1.43. The molecule has 2 aromatic rings. The molecule has 6 nitrogen and oxygen atoms in total. The molecule has 0 aliphatic heterocycles. The van der Waals surface area contributed by atoms with E-state index in [2.05, 4.69) is 5.10 Å². The smallest absolute Gasteiger partial charge is 0.282 e. The molecule has 0 atom stereocenters. The van der Waals surface area contributed by atoms with Crippen LogP contribution < -0.4 is 5.73 Å². The van der Waals surface area contributed by atoms with E-state index in [9.17, 15) is 10.1 Å². The minimum absolute atomic E-state index is 0.00639. The Morgan fingerprint density at radius 3 is 2.93 bits per heavy atom. The van der Waals surface area contributed by atoms with E-state index in [4.69, 9.17) is 5.73 Å². The van der Waals surface area contributed by atoms with Crippen molar-refractivity contribution in [3.63, 3.8) is 0 Å². The number of benzene rings is 1. The van der Waals surface area contributed by atoms with Gasteiger partial charge in [-0.1, -0.05) is 6.07 Å². The number of nitrogens with zero attached hydrogens (tertiary/aromatic N) is 3. The first-order valence-electron chi connectivity index (χ1n) is 3.97. The Labute approximate surface area is 79.1 Å². The summed E-state index contributed by atoms with van der Waals surface area (Å²) in [6, 6.07) is 4.70. The second-order valence-electron chi connectivity index (χ2n) is 2.94. The lowest BCUT2D eigenvalue weighted by Gasteiger charge is -1.94. The number of rotatable bonds is 1. The maximum Gasteiger partial charge on any atom is 0.282 e. The summed E-state index contributed by atoms with van der Waals surface area (Å²) in [7, 11) is 1.65. The van der Waals surface area contributed by atoms with Gasteiger partial charge in [-0.3, -0.25) is 14.8 Å². The fourth-order valence-corrected chi connectivity index (χ4v) is 1.40. The largest absolute Gasteiger partial charge is 0.383 e. The van der Waals surface area contributed by atoms with Gasteiger partial charge in [0, 0.05) is 13.1 Å². The van der Waals surface area contributed by atoms with Crippen LogP contribution in [0.1, 0.15) is 0 Å². The van der Waals surface area contributed by atoms with Gasteiger partial charge >= 0.3 is 0 Å². The maximum atomic E-state index is 10.7. The highest BCUT2D eigenvalue weighted by Crippen LogP contribution is 2.29. The van der Waals surface area contributed by atoms with Crippen LogP contribution in [0.5, 0.6) is 0 Å². The topological polar surface area (TPSA) is 87.0 Å². The molecule has 0 fully saturated rings. The molecule has 72 valence electrons. The van der Waals surface area contributed by atoms with Crippen LogP contribution in [0.25, 0.3) is 10.9 Å². The van der Waals surface area contributed by atoms with Crippen LogP contribution in [0.15, 0.2) is 18.2 Å². The van der Waals surface area contributed by atoms with Crippen LogP contribution in [-0.4, -0.2) is 14.7 Å². The Kier molecular flexibility index (Phi) is 1.63. The fraction of sp³-hybridized carbons (Fsp3) is 0.125. The molecule has 1 aromatic heterocycles. The molecule has 0 aliphatic carbocycles. The van der Waals surface area contributed by atoms with Crippen molar-refractivity contribution in [1.82, 2.24) is 9.78 Å². The van der Waals surface area contributed by atoms with Crippen molar-refractivity contribution in [1.29, 1.82) is 0 Å². The zero-order valence-electron chi connectivity index (χ0n) is 7.47. The summed E-state index contributed by atoms with van der Waals surface area (Å²) in [6.07, 6.45) is 0. The second kappa shape index (κ2) is 2.69. The highest BCUT2D eigenvalue weighted by Gasteiger charge is 2.17. The Balaban J connectivity index is 2.91. The van der Waals surface area contributed by atoms with Crippen LogP contribution in [0.4, 0.5) is 11.5 Å². The van der Waals surface area contributed by atoms with Crippen molar-refractivity contribution in [3.8, 4) is 0 Å². The average molecular weight is 192 g/mol. The third-order valence-electron chi connectivity index (χ3n) is 2.08. The number of hydrogen-bond acceptors (Lipinski definition) is 4. The summed E-state index contributed by atoms with van der Waals surface area (Å²) >= 11 is 0. The van der Waals surface area contributed by atoms with Crippen LogP contribution >= 0.6 is 0 Å². The molecular formula is C8H8N4O2. The first-order valence-corrected chi connectivity index (χ1v) is 3.97. The Morgan fingerprint density at radius 2 is 2.29 bits per heavy atom. The SMILES string of the molecule is Cn1nc2cccc([N+](=O)[O-])c2c1N. The van der Waals surface area contributed by atoms with Gasteiger partial charge in [0.15, 0.2) is 0 Å². The summed E-state index contributed by atoms with van der Waals surface area (Å²) in [4.78, 5) is 10.2.